The number of sulfonamides is 1. The fourth-order valence-electron chi connectivity index (χ4n) is 2.11. The van der Waals surface area contributed by atoms with Gasteiger partial charge in [-0.05, 0) is 36.1 Å². The normalized spacial score (nSPS) is 12.4. The summed E-state index contributed by atoms with van der Waals surface area (Å²) in [6.07, 6.45) is -3.05. The molecule has 0 aliphatic carbocycles. The molecule has 0 atom stereocenters. The third-order valence-corrected chi connectivity index (χ3v) is 5.91. The van der Waals surface area contributed by atoms with Crippen LogP contribution in [0.5, 0.6) is 5.75 Å². The molecule has 0 aliphatic heterocycles. The molecule has 9 heteroatoms. The molecule has 0 spiro atoms. The Balaban J connectivity index is 2.28. The first kappa shape index (κ1) is 19.6. The summed E-state index contributed by atoms with van der Waals surface area (Å²) in [5, 5.41) is 0. The molecule has 0 bridgehead atoms. The summed E-state index contributed by atoms with van der Waals surface area (Å²) in [6, 6.07) is 11.9. The SMILES string of the molecule is CSc1ccc(CN(C)S(=O)(=O)c2ccccc2OC(F)(F)F)cc1. The lowest BCUT2D eigenvalue weighted by atomic mass is 10.2. The Morgan fingerprint density at radius 1 is 1.08 bits per heavy atom. The van der Waals surface area contributed by atoms with Crippen LogP contribution in [-0.4, -0.2) is 32.4 Å². The Kier molecular flexibility index (Phi) is 6.02. The minimum Gasteiger partial charge on any atom is -0.404 e. The van der Waals surface area contributed by atoms with Crippen molar-refractivity contribution in [3.05, 3.63) is 54.1 Å². The summed E-state index contributed by atoms with van der Waals surface area (Å²) in [4.78, 5) is 0.494. The summed E-state index contributed by atoms with van der Waals surface area (Å²) in [7, 11) is -2.85. The zero-order chi connectivity index (χ0) is 18.7. The highest BCUT2D eigenvalue weighted by Gasteiger charge is 2.34. The molecule has 2 aromatic carbocycles. The van der Waals surface area contributed by atoms with Crippen molar-refractivity contribution in [1.29, 1.82) is 0 Å². The van der Waals surface area contributed by atoms with Crippen LogP contribution in [0, 0.1) is 0 Å². The van der Waals surface area contributed by atoms with E-state index >= 15 is 0 Å². The van der Waals surface area contributed by atoms with Crippen molar-refractivity contribution >= 4 is 21.8 Å². The quantitative estimate of drug-likeness (QED) is 0.695. The highest BCUT2D eigenvalue weighted by Crippen LogP contribution is 2.31. The summed E-state index contributed by atoms with van der Waals surface area (Å²) >= 11 is 1.55. The van der Waals surface area contributed by atoms with Gasteiger partial charge in [-0.25, -0.2) is 8.42 Å². The summed E-state index contributed by atoms with van der Waals surface area (Å²) in [6.45, 7) is 0.0251. The molecule has 0 radical (unpaired) electrons. The Morgan fingerprint density at radius 2 is 1.68 bits per heavy atom. The molecule has 2 rings (SSSR count). The first-order chi connectivity index (χ1) is 11.6. The van der Waals surface area contributed by atoms with E-state index in [0.717, 1.165) is 26.9 Å². The zero-order valence-electron chi connectivity index (χ0n) is 13.4. The largest absolute Gasteiger partial charge is 0.573 e. The fraction of sp³-hybridized carbons (Fsp3) is 0.250. The van der Waals surface area contributed by atoms with Crippen molar-refractivity contribution in [3.8, 4) is 5.75 Å². The maximum Gasteiger partial charge on any atom is 0.573 e. The average molecular weight is 391 g/mol. The van der Waals surface area contributed by atoms with Crippen molar-refractivity contribution in [3.63, 3.8) is 0 Å². The minimum atomic E-state index is -4.97. The molecule has 136 valence electrons. The second-order valence-corrected chi connectivity index (χ2v) is 8.00. The number of alkyl halides is 3. The second kappa shape index (κ2) is 7.67. The van der Waals surface area contributed by atoms with Crippen LogP contribution in [0.1, 0.15) is 5.56 Å². The van der Waals surface area contributed by atoms with Gasteiger partial charge < -0.3 is 4.74 Å². The lowest BCUT2D eigenvalue weighted by Crippen LogP contribution is -2.28. The molecular formula is C16H16F3NO3S2. The topological polar surface area (TPSA) is 46.6 Å². The Labute approximate surface area is 148 Å². The highest BCUT2D eigenvalue weighted by molar-refractivity contribution is 7.98. The van der Waals surface area contributed by atoms with Gasteiger partial charge in [-0.3, -0.25) is 0 Å². The van der Waals surface area contributed by atoms with Crippen LogP contribution in [0.4, 0.5) is 13.2 Å². The Hall–Kier alpha value is -1.71. The number of rotatable bonds is 6. The van der Waals surface area contributed by atoms with Gasteiger partial charge in [-0.1, -0.05) is 24.3 Å². The number of nitrogens with zero attached hydrogens (tertiary/aromatic N) is 1. The van der Waals surface area contributed by atoms with Gasteiger partial charge in [0.2, 0.25) is 10.0 Å². The van der Waals surface area contributed by atoms with E-state index in [0.29, 0.717) is 0 Å². The lowest BCUT2D eigenvalue weighted by Gasteiger charge is -2.20. The summed E-state index contributed by atoms with van der Waals surface area (Å²) < 4.78 is 67.6. The fourth-order valence-corrected chi connectivity index (χ4v) is 3.79. The van der Waals surface area contributed by atoms with Gasteiger partial charge in [0.15, 0.2) is 0 Å². The van der Waals surface area contributed by atoms with Crippen LogP contribution in [0.2, 0.25) is 0 Å². The Bertz CT molecular complexity index is 821. The number of benzene rings is 2. The first-order valence-electron chi connectivity index (χ1n) is 7.07. The van der Waals surface area contributed by atoms with Crippen molar-refractivity contribution in [2.45, 2.75) is 22.7 Å². The van der Waals surface area contributed by atoms with Gasteiger partial charge in [0.1, 0.15) is 10.6 Å². The molecule has 4 nitrogen and oxygen atoms in total. The smallest absolute Gasteiger partial charge is 0.404 e. The zero-order valence-corrected chi connectivity index (χ0v) is 15.1. The minimum absolute atomic E-state index is 0.0251. The van der Waals surface area contributed by atoms with Crippen LogP contribution < -0.4 is 4.74 Å². The highest BCUT2D eigenvalue weighted by atomic mass is 32.2. The predicted octanol–water partition coefficient (Wildman–Crippen LogP) is 4.13. The van der Waals surface area contributed by atoms with Crippen LogP contribution in [0.25, 0.3) is 0 Å². The van der Waals surface area contributed by atoms with Gasteiger partial charge in [0, 0.05) is 18.5 Å². The standard InChI is InChI=1S/C16H16F3NO3S2/c1-20(11-12-7-9-13(24-2)10-8-12)25(21,22)15-6-4-3-5-14(15)23-16(17,18)19/h3-10H,11H2,1-2H3. The molecule has 0 N–H and O–H groups in total. The summed E-state index contributed by atoms with van der Waals surface area (Å²) in [5.41, 5.74) is 0.720. The van der Waals surface area contributed by atoms with Gasteiger partial charge in [0.05, 0.1) is 0 Å². The molecule has 0 unspecified atom stereocenters. The van der Waals surface area contributed by atoms with Gasteiger partial charge >= 0.3 is 6.36 Å². The van der Waals surface area contributed by atoms with E-state index in [9.17, 15) is 21.6 Å². The first-order valence-corrected chi connectivity index (χ1v) is 9.74. The van der Waals surface area contributed by atoms with Crippen molar-refractivity contribution < 1.29 is 26.3 Å². The third kappa shape index (κ3) is 5.13. The van der Waals surface area contributed by atoms with E-state index in [2.05, 4.69) is 4.74 Å². The van der Waals surface area contributed by atoms with E-state index in [1.54, 1.807) is 23.9 Å². The molecule has 0 fully saturated rings. The van der Waals surface area contributed by atoms with E-state index < -0.39 is 27.0 Å². The van der Waals surface area contributed by atoms with Crippen molar-refractivity contribution in [2.75, 3.05) is 13.3 Å². The molecule has 0 saturated heterocycles. The van der Waals surface area contributed by atoms with Crippen molar-refractivity contribution in [1.82, 2.24) is 4.31 Å². The maximum atomic E-state index is 12.6. The number of halogens is 3. The van der Waals surface area contributed by atoms with Gasteiger partial charge in [-0.2, -0.15) is 4.31 Å². The van der Waals surface area contributed by atoms with E-state index in [4.69, 9.17) is 0 Å². The van der Waals surface area contributed by atoms with Gasteiger partial charge in [-0.15, -0.1) is 24.9 Å². The Morgan fingerprint density at radius 3 is 2.24 bits per heavy atom. The molecule has 0 amide bonds. The number of para-hydroxylation sites is 1. The van der Waals surface area contributed by atoms with Crippen LogP contribution in [0.3, 0.4) is 0 Å². The molecule has 2 aromatic rings. The second-order valence-electron chi connectivity index (χ2n) is 5.10. The van der Waals surface area contributed by atoms with Crippen LogP contribution in [0.15, 0.2) is 58.3 Å². The average Bonchev–Trinajstić information content (AvgIpc) is 2.54. The maximum absolute atomic E-state index is 12.6. The third-order valence-electron chi connectivity index (χ3n) is 3.33. The molecule has 0 heterocycles. The predicted molar refractivity (Wildman–Crippen MR) is 90.0 cm³/mol. The number of ether oxygens (including phenoxy) is 1. The lowest BCUT2D eigenvalue weighted by molar-refractivity contribution is -0.275. The monoisotopic (exact) mass is 391 g/mol. The molecule has 0 aromatic heterocycles. The number of hydrogen-bond donors (Lipinski definition) is 0. The molecular weight excluding hydrogens is 375 g/mol. The van der Waals surface area contributed by atoms with Crippen LogP contribution >= 0.6 is 11.8 Å². The van der Waals surface area contributed by atoms with E-state index in [1.165, 1.54) is 19.2 Å². The molecule has 0 saturated carbocycles. The molecule has 0 aliphatic rings. The summed E-state index contributed by atoms with van der Waals surface area (Å²) in [5.74, 6) is -0.750. The van der Waals surface area contributed by atoms with Crippen LogP contribution in [-0.2, 0) is 16.6 Å². The number of hydrogen-bond acceptors (Lipinski definition) is 4. The van der Waals surface area contributed by atoms with Crippen molar-refractivity contribution in [2.24, 2.45) is 0 Å². The van der Waals surface area contributed by atoms with Gasteiger partial charge in [0.25, 0.3) is 0 Å². The van der Waals surface area contributed by atoms with E-state index in [-0.39, 0.29) is 6.54 Å². The number of thioether (sulfide) groups is 1. The van der Waals surface area contributed by atoms with E-state index in [1.807, 2.05) is 18.4 Å². The molecule has 25 heavy (non-hydrogen) atoms.